The zero-order valence-electron chi connectivity index (χ0n) is 9.55. The second-order valence-corrected chi connectivity index (χ2v) is 4.65. The summed E-state index contributed by atoms with van der Waals surface area (Å²) in [6.45, 7) is 10.9. The predicted octanol–water partition coefficient (Wildman–Crippen LogP) is 3.15. The summed E-state index contributed by atoms with van der Waals surface area (Å²) in [6, 6.07) is 0. The van der Waals surface area contributed by atoms with Crippen LogP contribution in [0.2, 0.25) is 0 Å². The monoisotopic (exact) mass is 183 g/mol. The fourth-order valence-electron chi connectivity index (χ4n) is 2.37. The predicted molar refractivity (Wildman–Crippen MR) is 58.9 cm³/mol. The molecule has 1 saturated heterocycles. The molecule has 0 bridgehead atoms. The van der Waals surface area contributed by atoms with Gasteiger partial charge in [0.15, 0.2) is 0 Å². The Hall–Kier alpha value is -0.0400. The number of hydrogen-bond acceptors (Lipinski definition) is 1. The molecule has 78 valence electrons. The Kier molecular flexibility index (Phi) is 4.79. The van der Waals surface area contributed by atoms with Crippen molar-refractivity contribution in [1.29, 1.82) is 0 Å². The molecule has 0 aromatic rings. The second kappa shape index (κ2) is 5.64. The van der Waals surface area contributed by atoms with Crippen molar-refractivity contribution in [3.05, 3.63) is 0 Å². The molecule has 0 saturated carbocycles. The fourth-order valence-corrected chi connectivity index (χ4v) is 2.37. The van der Waals surface area contributed by atoms with Crippen LogP contribution in [0.3, 0.4) is 0 Å². The molecular weight excluding hydrogens is 158 g/mol. The van der Waals surface area contributed by atoms with Crippen LogP contribution in [-0.4, -0.2) is 24.5 Å². The lowest BCUT2D eigenvalue weighted by atomic mass is 9.88. The van der Waals surface area contributed by atoms with Gasteiger partial charge in [-0.3, -0.25) is 0 Å². The maximum Gasteiger partial charge on any atom is 0.000965 e. The summed E-state index contributed by atoms with van der Waals surface area (Å²) in [5.74, 6) is 1.92. The molecule has 1 heterocycles. The Morgan fingerprint density at radius 3 is 2.77 bits per heavy atom. The Morgan fingerprint density at radius 2 is 2.15 bits per heavy atom. The number of hydrogen-bond donors (Lipinski definition) is 0. The van der Waals surface area contributed by atoms with E-state index >= 15 is 0 Å². The van der Waals surface area contributed by atoms with Gasteiger partial charge >= 0.3 is 0 Å². The van der Waals surface area contributed by atoms with Crippen molar-refractivity contribution in [1.82, 2.24) is 4.90 Å². The molecule has 0 aromatic carbocycles. The van der Waals surface area contributed by atoms with Gasteiger partial charge in [-0.15, -0.1) is 0 Å². The SMILES string of the molecule is CC[C@@H](C)C[C@@H]1CCCN(CC)C1. The minimum absolute atomic E-state index is 0.932. The van der Waals surface area contributed by atoms with E-state index in [1.165, 1.54) is 45.3 Å². The van der Waals surface area contributed by atoms with Crippen LogP contribution in [0, 0.1) is 11.8 Å². The zero-order chi connectivity index (χ0) is 9.68. The van der Waals surface area contributed by atoms with Crippen LogP contribution in [0.15, 0.2) is 0 Å². The first-order chi connectivity index (χ1) is 6.26. The Balaban J connectivity index is 2.25. The molecule has 0 amide bonds. The molecule has 1 aliphatic rings. The normalized spacial score (nSPS) is 27.5. The van der Waals surface area contributed by atoms with Crippen molar-refractivity contribution in [2.75, 3.05) is 19.6 Å². The zero-order valence-corrected chi connectivity index (χ0v) is 9.55. The van der Waals surface area contributed by atoms with E-state index in [1.54, 1.807) is 0 Å². The quantitative estimate of drug-likeness (QED) is 0.647. The highest BCUT2D eigenvalue weighted by Crippen LogP contribution is 2.24. The van der Waals surface area contributed by atoms with Crippen molar-refractivity contribution >= 4 is 0 Å². The first kappa shape index (κ1) is 11.0. The Morgan fingerprint density at radius 1 is 1.38 bits per heavy atom. The van der Waals surface area contributed by atoms with Gasteiger partial charge in [0, 0.05) is 6.54 Å². The number of rotatable bonds is 4. The number of likely N-dealkylation sites (tertiary alicyclic amines) is 1. The van der Waals surface area contributed by atoms with E-state index in [-0.39, 0.29) is 0 Å². The lowest BCUT2D eigenvalue weighted by Gasteiger charge is -2.33. The third-order valence-electron chi connectivity index (χ3n) is 3.48. The first-order valence-electron chi connectivity index (χ1n) is 5.98. The summed E-state index contributed by atoms with van der Waals surface area (Å²) in [7, 11) is 0. The molecule has 0 aromatic heterocycles. The molecule has 0 radical (unpaired) electrons. The average molecular weight is 183 g/mol. The Bertz CT molecular complexity index is 131. The van der Waals surface area contributed by atoms with Crippen LogP contribution in [0.25, 0.3) is 0 Å². The fraction of sp³-hybridized carbons (Fsp3) is 1.00. The molecule has 0 aliphatic carbocycles. The van der Waals surface area contributed by atoms with Crippen molar-refractivity contribution < 1.29 is 0 Å². The Labute approximate surface area is 83.5 Å². The van der Waals surface area contributed by atoms with Crippen molar-refractivity contribution in [3.8, 4) is 0 Å². The minimum Gasteiger partial charge on any atom is -0.303 e. The lowest BCUT2D eigenvalue weighted by Crippen LogP contribution is -2.35. The van der Waals surface area contributed by atoms with Gasteiger partial charge in [0.05, 0.1) is 0 Å². The number of nitrogens with zero attached hydrogens (tertiary/aromatic N) is 1. The summed E-state index contributed by atoms with van der Waals surface area (Å²) in [5.41, 5.74) is 0. The third kappa shape index (κ3) is 3.68. The average Bonchev–Trinajstić information content (AvgIpc) is 2.18. The second-order valence-electron chi connectivity index (χ2n) is 4.65. The van der Waals surface area contributed by atoms with Crippen molar-refractivity contribution in [2.24, 2.45) is 11.8 Å². The summed E-state index contributed by atoms with van der Waals surface area (Å²) >= 11 is 0. The van der Waals surface area contributed by atoms with Crippen molar-refractivity contribution in [2.45, 2.75) is 46.5 Å². The number of piperidine rings is 1. The van der Waals surface area contributed by atoms with Crippen LogP contribution in [0.5, 0.6) is 0 Å². The summed E-state index contributed by atoms with van der Waals surface area (Å²) in [6.07, 6.45) is 5.70. The van der Waals surface area contributed by atoms with Gasteiger partial charge in [-0.25, -0.2) is 0 Å². The molecule has 1 nitrogen and oxygen atoms in total. The molecule has 2 atom stereocenters. The maximum atomic E-state index is 2.61. The van der Waals surface area contributed by atoms with E-state index in [2.05, 4.69) is 25.7 Å². The first-order valence-corrected chi connectivity index (χ1v) is 5.98. The van der Waals surface area contributed by atoms with Gasteiger partial charge in [-0.05, 0) is 44.2 Å². The topological polar surface area (TPSA) is 3.24 Å². The highest BCUT2D eigenvalue weighted by molar-refractivity contribution is 4.73. The molecule has 1 aliphatic heterocycles. The highest BCUT2D eigenvalue weighted by Gasteiger charge is 2.19. The van der Waals surface area contributed by atoms with Gasteiger partial charge in [0.1, 0.15) is 0 Å². The standard InChI is InChI=1S/C12H25N/c1-4-11(3)9-12-7-6-8-13(5-2)10-12/h11-12H,4-10H2,1-3H3/t11-,12+/m1/s1. The molecule has 13 heavy (non-hydrogen) atoms. The molecule has 1 heteroatoms. The third-order valence-corrected chi connectivity index (χ3v) is 3.48. The molecule has 1 fully saturated rings. The van der Waals surface area contributed by atoms with Crippen LogP contribution < -0.4 is 0 Å². The van der Waals surface area contributed by atoms with Gasteiger partial charge in [-0.1, -0.05) is 27.2 Å². The maximum absolute atomic E-state index is 2.61. The highest BCUT2D eigenvalue weighted by atomic mass is 15.1. The minimum atomic E-state index is 0.932. The van der Waals surface area contributed by atoms with E-state index in [1.807, 2.05) is 0 Å². The van der Waals surface area contributed by atoms with Crippen LogP contribution in [0.4, 0.5) is 0 Å². The lowest BCUT2D eigenvalue weighted by molar-refractivity contribution is 0.163. The summed E-state index contributed by atoms with van der Waals surface area (Å²) in [4.78, 5) is 2.61. The molecule has 0 N–H and O–H groups in total. The smallest absolute Gasteiger partial charge is 0.000965 e. The van der Waals surface area contributed by atoms with Crippen molar-refractivity contribution in [3.63, 3.8) is 0 Å². The van der Waals surface area contributed by atoms with Gasteiger partial charge < -0.3 is 4.90 Å². The van der Waals surface area contributed by atoms with Crippen LogP contribution >= 0.6 is 0 Å². The van der Waals surface area contributed by atoms with E-state index in [0.717, 1.165) is 11.8 Å². The van der Waals surface area contributed by atoms with Gasteiger partial charge in [0.2, 0.25) is 0 Å². The van der Waals surface area contributed by atoms with Gasteiger partial charge in [-0.2, -0.15) is 0 Å². The van der Waals surface area contributed by atoms with E-state index in [9.17, 15) is 0 Å². The van der Waals surface area contributed by atoms with Crippen LogP contribution in [0.1, 0.15) is 46.5 Å². The molecular formula is C12H25N. The largest absolute Gasteiger partial charge is 0.303 e. The summed E-state index contributed by atoms with van der Waals surface area (Å²) < 4.78 is 0. The molecule has 0 unspecified atom stereocenters. The van der Waals surface area contributed by atoms with E-state index in [4.69, 9.17) is 0 Å². The molecule has 0 spiro atoms. The summed E-state index contributed by atoms with van der Waals surface area (Å²) in [5, 5.41) is 0. The van der Waals surface area contributed by atoms with E-state index < -0.39 is 0 Å². The molecule has 1 rings (SSSR count). The van der Waals surface area contributed by atoms with Crippen LogP contribution in [-0.2, 0) is 0 Å². The van der Waals surface area contributed by atoms with Gasteiger partial charge in [0.25, 0.3) is 0 Å². The van der Waals surface area contributed by atoms with E-state index in [0.29, 0.717) is 0 Å².